The predicted octanol–water partition coefficient (Wildman–Crippen LogP) is 1.90. The van der Waals surface area contributed by atoms with Crippen LogP contribution in [0.25, 0.3) is 0 Å². The Morgan fingerprint density at radius 2 is 1.94 bits per heavy atom. The van der Waals surface area contributed by atoms with Crippen molar-refractivity contribution in [2.45, 2.75) is 52.3 Å². The Morgan fingerprint density at radius 1 is 1.25 bits per heavy atom. The number of nitrogens with zero attached hydrogens (tertiary/aromatic N) is 2. The van der Waals surface area contributed by atoms with Gasteiger partial charge in [0, 0.05) is 19.2 Å². The Bertz CT molecular complexity index is 837. The summed E-state index contributed by atoms with van der Waals surface area (Å²) in [6.45, 7) is 6.16. The number of nitrogens with one attached hydrogen (secondary N) is 1. The number of amides is 3. The lowest BCUT2D eigenvalue weighted by Gasteiger charge is -2.30. The number of esters is 1. The van der Waals surface area contributed by atoms with Crippen molar-refractivity contribution in [3.8, 4) is 0 Å². The molecule has 0 aromatic heterocycles. The molecular formula is C24H33N3O5. The van der Waals surface area contributed by atoms with Crippen molar-refractivity contribution in [1.29, 1.82) is 0 Å². The van der Waals surface area contributed by atoms with E-state index >= 15 is 0 Å². The fourth-order valence-electron chi connectivity index (χ4n) is 3.81. The van der Waals surface area contributed by atoms with E-state index in [1.165, 1.54) is 4.90 Å². The maximum Gasteiger partial charge on any atom is 0.329 e. The maximum absolute atomic E-state index is 13.1. The highest BCUT2D eigenvalue weighted by atomic mass is 16.5. The lowest BCUT2D eigenvalue weighted by atomic mass is 9.99. The van der Waals surface area contributed by atoms with Gasteiger partial charge in [-0.15, -0.1) is 0 Å². The van der Waals surface area contributed by atoms with Crippen LogP contribution in [0, 0.1) is 5.92 Å². The van der Waals surface area contributed by atoms with Crippen molar-refractivity contribution < 1.29 is 23.9 Å². The number of likely N-dealkylation sites (N-methyl/N-ethyl adjacent to an activating group) is 1. The van der Waals surface area contributed by atoms with Crippen LogP contribution in [0.3, 0.4) is 0 Å². The van der Waals surface area contributed by atoms with Gasteiger partial charge in [0.25, 0.3) is 0 Å². The predicted molar refractivity (Wildman–Crippen MR) is 120 cm³/mol. The molecule has 0 spiro atoms. The zero-order valence-electron chi connectivity index (χ0n) is 19.2. The van der Waals surface area contributed by atoms with Crippen LogP contribution in [0.1, 0.15) is 39.2 Å². The molecule has 0 radical (unpaired) electrons. The second-order valence-corrected chi connectivity index (χ2v) is 8.34. The standard InChI is InChI=1S/C24H33N3O5/c1-17(2)21(26(4)22(29)14-25-16-28)13-18(3)23(30)27-12-8-11-20(27)24(31)32-15-19-9-6-5-7-10-19/h5-7,9-10,13,16-17,20-21H,8,11-12,14-15H2,1-4H3,(H,25,28)/t20?,21-/m1/s1. The maximum atomic E-state index is 13.1. The summed E-state index contributed by atoms with van der Waals surface area (Å²) in [6.07, 6.45) is 3.53. The van der Waals surface area contributed by atoms with E-state index in [-0.39, 0.29) is 36.9 Å². The van der Waals surface area contributed by atoms with Gasteiger partial charge in [-0.25, -0.2) is 4.79 Å². The minimum atomic E-state index is -0.608. The largest absolute Gasteiger partial charge is 0.459 e. The molecule has 1 saturated heterocycles. The van der Waals surface area contributed by atoms with Gasteiger partial charge in [-0.3, -0.25) is 14.4 Å². The third-order valence-corrected chi connectivity index (χ3v) is 5.63. The molecule has 174 valence electrons. The van der Waals surface area contributed by atoms with E-state index in [4.69, 9.17) is 4.74 Å². The molecule has 1 fully saturated rings. The first kappa shape index (κ1) is 25.1. The summed E-state index contributed by atoms with van der Waals surface area (Å²) in [5, 5.41) is 2.37. The van der Waals surface area contributed by atoms with Crippen molar-refractivity contribution in [1.82, 2.24) is 15.1 Å². The van der Waals surface area contributed by atoms with E-state index in [1.807, 2.05) is 44.2 Å². The Balaban J connectivity index is 2.07. The zero-order chi connectivity index (χ0) is 23.7. The summed E-state index contributed by atoms with van der Waals surface area (Å²) in [5.74, 6) is -0.842. The van der Waals surface area contributed by atoms with E-state index < -0.39 is 12.0 Å². The highest BCUT2D eigenvalue weighted by Crippen LogP contribution is 2.22. The first-order chi connectivity index (χ1) is 15.3. The van der Waals surface area contributed by atoms with E-state index in [9.17, 15) is 19.2 Å². The minimum absolute atomic E-state index is 0.0492. The average molecular weight is 444 g/mol. The molecule has 1 aromatic rings. The fraction of sp³-hybridized carbons (Fsp3) is 0.500. The molecule has 1 unspecified atom stereocenters. The Labute approximate surface area is 189 Å². The fourth-order valence-corrected chi connectivity index (χ4v) is 3.81. The highest BCUT2D eigenvalue weighted by molar-refractivity contribution is 5.96. The topological polar surface area (TPSA) is 96.0 Å². The SMILES string of the molecule is CC(=C[C@H](C(C)C)N(C)C(=O)CNC=O)C(=O)N1CCCC1C(=O)OCc1ccccc1. The Kier molecular flexibility index (Phi) is 9.43. The molecule has 1 heterocycles. The monoisotopic (exact) mass is 443 g/mol. The summed E-state index contributed by atoms with van der Waals surface area (Å²) in [4.78, 5) is 51.7. The molecule has 1 aromatic carbocycles. The van der Waals surface area contributed by atoms with Crippen LogP contribution in [0.15, 0.2) is 42.0 Å². The molecule has 8 heteroatoms. The molecule has 1 aliphatic heterocycles. The number of hydrogen-bond donors (Lipinski definition) is 1. The van der Waals surface area contributed by atoms with Crippen molar-refractivity contribution in [2.75, 3.05) is 20.1 Å². The van der Waals surface area contributed by atoms with Gasteiger partial charge in [-0.1, -0.05) is 50.3 Å². The van der Waals surface area contributed by atoms with Gasteiger partial charge in [0.15, 0.2) is 0 Å². The van der Waals surface area contributed by atoms with Gasteiger partial charge >= 0.3 is 5.97 Å². The van der Waals surface area contributed by atoms with Crippen LogP contribution in [0.4, 0.5) is 0 Å². The van der Waals surface area contributed by atoms with Gasteiger partial charge in [0.2, 0.25) is 18.2 Å². The summed E-state index contributed by atoms with van der Waals surface area (Å²) < 4.78 is 5.46. The van der Waals surface area contributed by atoms with Crippen molar-refractivity contribution >= 4 is 24.2 Å². The minimum Gasteiger partial charge on any atom is -0.459 e. The number of ether oxygens (including phenoxy) is 1. The highest BCUT2D eigenvalue weighted by Gasteiger charge is 2.36. The lowest BCUT2D eigenvalue weighted by molar-refractivity contribution is -0.153. The number of hydrogen-bond acceptors (Lipinski definition) is 5. The normalized spacial score (nSPS) is 17.1. The second kappa shape index (κ2) is 12.0. The van der Waals surface area contributed by atoms with E-state index in [2.05, 4.69) is 5.32 Å². The molecule has 1 N–H and O–H groups in total. The summed E-state index contributed by atoms with van der Waals surface area (Å²) in [5.41, 5.74) is 1.36. The van der Waals surface area contributed by atoms with Crippen LogP contribution in [0.5, 0.6) is 0 Å². The summed E-state index contributed by atoms with van der Waals surface area (Å²) >= 11 is 0. The van der Waals surface area contributed by atoms with Crippen LogP contribution in [-0.4, -0.2) is 66.2 Å². The Morgan fingerprint density at radius 3 is 2.56 bits per heavy atom. The number of benzene rings is 1. The third kappa shape index (κ3) is 6.67. The molecule has 32 heavy (non-hydrogen) atoms. The number of carbonyl (C=O) groups excluding carboxylic acids is 4. The number of carbonyl (C=O) groups is 4. The van der Waals surface area contributed by atoms with E-state index in [0.29, 0.717) is 24.9 Å². The third-order valence-electron chi connectivity index (χ3n) is 5.63. The van der Waals surface area contributed by atoms with E-state index in [1.54, 1.807) is 24.9 Å². The molecule has 3 amide bonds. The number of rotatable bonds is 10. The second-order valence-electron chi connectivity index (χ2n) is 8.34. The first-order valence-corrected chi connectivity index (χ1v) is 10.9. The van der Waals surface area contributed by atoms with Gasteiger partial charge in [-0.05, 0) is 31.2 Å². The summed E-state index contributed by atoms with van der Waals surface area (Å²) in [6, 6.07) is 8.48. The average Bonchev–Trinajstić information content (AvgIpc) is 3.28. The molecular weight excluding hydrogens is 410 g/mol. The van der Waals surface area contributed by atoms with Gasteiger partial charge < -0.3 is 19.9 Å². The molecule has 0 saturated carbocycles. The van der Waals surface area contributed by atoms with Crippen molar-refractivity contribution in [2.24, 2.45) is 5.92 Å². The summed E-state index contributed by atoms with van der Waals surface area (Å²) in [7, 11) is 1.65. The molecule has 2 rings (SSSR count). The molecule has 0 aliphatic carbocycles. The van der Waals surface area contributed by atoms with Crippen LogP contribution < -0.4 is 5.32 Å². The molecule has 0 bridgehead atoms. The quantitative estimate of drug-likeness (QED) is 0.339. The number of likely N-dealkylation sites (tertiary alicyclic amines) is 1. The van der Waals surface area contributed by atoms with Gasteiger partial charge in [-0.2, -0.15) is 0 Å². The smallest absolute Gasteiger partial charge is 0.329 e. The molecule has 1 aliphatic rings. The Hall–Kier alpha value is -3.16. The molecule has 2 atom stereocenters. The van der Waals surface area contributed by atoms with Crippen molar-refractivity contribution in [3.63, 3.8) is 0 Å². The zero-order valence-corrected chi connectivity index (χ0v) is 19.2. The van der Waals surface area contributed by atoms with Gasteiger partial charge in [0.1, 0.15) is 12.6 Å². The lowest BCUT2D eigenvalue weighted by Crippen LogP contribution is -2.44. The van der Waals surface area contributed by atoms with Crippen LogP contribution in [0.2, 0.25) is 0 Å². The van der Waals surface area contributed by atoms with Crippen LogP contribution in [-0.2, 0) is 30.5 Å². The van der Waals surface area contributed by atoms with E-state index in [0.717, 1.165) is 12.0 Å². The first-order valence-electron chi connectivity index (χ1n) is 10.9. The van der Waals surface area contributed by atoms with Gasteiger partial charge in [0.05, 0.1) is 12.6 Å². The molecule has 8 nitrogen and oxygen atoms in total. The van der Waals surface area contributed by atoms with Crippen molar-refractivity contribution in [3.05, 3.63) is 47.5 Å². The van der Waals surface area contributed by atoms with Crippen LogP contribution >= 0.6 is 0 Å².